The van der Waals surface area contributed by atoms with Crippen molar-refractivity contribution in [2.24, 2.45) is 11.6 Å². The second kappa shape index (κ2) is 9.56. The molecule has 0 amide bonds. The quantitative estimate of drug-likeness (QED) is 0.546. The van der Waals surface area contributed by atoms with Crippen LogP contribution in [0.15, 0.2) is 30.1 Å². The fourth-order valence-electron chi connectivity index (χ4n) is 3.51. The number of hydrazine groups is 1. The van der Waals surface area contributed by atoms with Crippen molar-refractivity contribution in [2.75, 3.05) is 7.05 Å². The Bertz CT molecular complexity index is 879. The molecule has 2 aromatic rings. The van der Waals surface area contributed by atoms with Crippen molar-refractivity contribution in [1.29, 1.82) is 0 Å². The molecule has 2 heterocycles. The van der Waals surface area contributed by atoms with Crippen LogP contribution >= 0.6 is 0 Å². The third-order valence-corrected chi connectivity index (χ3v) is 5.10. The van der Waals surface area contributed by atoms with Crippen LogP contribution < -0.4 is 16.3 Å². The fraction of sp³-hybridized carbons (Fsp3) is 0.476. The zero-order valence-electron chi connectivity index (χ0n) is 17.5. The number of aromatic nitrogens is 4. The molecule has 1 aliphatic carbocycles. The zero-order valence-corrected chi connectivity index (χ0v) is 17.5. The summed E-state index contributed by atoms with van der Waals surface area (Å²) in [6.45, 7) is 4.28. The summed E-state index contributed by atoms with van der Waals surface area (Å²) in [5.41, 5.74) is 9.92. The molecule has 1 fully saturated rings. The van der Waals surface area contributed by atoms with Gasteiger partial charge in [0, 0.05) is 7.05 Å². The van der Waals surface area contributed by atoms with E-state index in [0.29, 0.717) is 23.6 Å². The Kier molecular flexibility index (Phi) is 6.87. The van der Waals surface area contributed by atoms with E-state index in [-0.39, 0.29) is 6.10 Å². The molecule has 0 unspecified atom stereocenters. The van der Waals surface area contributed by atoms with Crippen LogP contribution in [0.2, 0.25) is 0 Å². The first kappa shape index (κ1) is 20.9. The van der Waals surface area contributed by atoms with Crippen LogP contribution in [0.25, 0.3) is 11.8 Å². The maximum absolute atomic E-state index is 6.44. The van der Waals surface area contributed by atoms with Crippen molar-refractivity contribution < 1.29 is 4.74 Å². The van der Waals surface area contributed by atoms with Gasteiger partial charge in [-0.15, -0.1) is 5.10 Å². The Hall–Kier alpha value is -2.87. The Balaban J connectivity index is 1.81. The summed E-state index contributed by atoms with van der Waals surface area (Å²) in [4.78, 5) is 4.67. The number of likely N-dealkylation sites (N-methyl/N-ethyl adjacent to an activating group) is 1. The lowest BCUT2D eigenvalue weighted by Gasteiger charge is -2.24. The van der Waals surface area contributed by atoms with Gasteiger partial charge in [-0.25, -0.2) is 15.5 Å². The minimum Gasteiger partial charge on any atom is -0.489 e. The molecule has 156 valence electrons. The lowest BCUT2D eigenvalue weighted by molar-refractivity contribution is 0.153. The van der Waals surface area contributed by atoms with Gasteiger partial charge in [-0.2, -0.15) is 0 Å². The molecule has 0 saturated heterocycles. The van der Waals surface area contributed by atoms with Crippen LogP contribution in [-0.4, -0.2) is 38.1 Å². The average molecular weight is 398 g/mol. The first-order chi connectivity index (χ1) is 14.0. The molecule has 2 aromatic heterocycles. The van der Waals surface area contributed by atoms with Gasteiger partial charge in [0.05, 0.1) is 41.6 Å². The summed E-state index contributed by atoms with van der Waals surface area (Å²) in [7, 11) is 1.75. The van der Waals surface area contributed by atoms with Crippen molar-refractivity contribution in [2.45, 2.75) is 58.6 Å². The van der Waals surface area contributed by atoms with E-state index in [1.54, 1.807) is 11.7 Å². The number of nitrogens with zero attached hydrogens (tertiary/aromatic N) is 5. The van der Waals surface area contributed by atoms with Crippen LogP contribution in [0.3, 0.4) is 0 Å². The molecule has 3 rings (SSSR count). The number of pyridine rings is 1. The van der Waals surface area contributed by atoms with E-state index in [4.69, 9.17) is 16.3 Å². The predicted molar refractivity (Wildman–Crippen MR) is 114 cm³/mol. The van der Waals surface area contributed by atoms with Crippen LogP contribution in [0, 0.1) is 6.92 Å². The fourth-order valence-corrected chi connectivity index (χ4v) is 3.51. The number of nitrogens with two attached hydrogens (primary N) is 2. The predicted octanol–water partition coefficient (Wildman–Crippen LogP) is 2.86. The molecule has 1 aliphatic rings. The largest absolute Gasteiger partial charge is 0.489 e. The van der Waals surface area contributed by atoms with Gasteiger partial charge in [0.2, 0.25) is 0 Å². The smallest absolute Gasteiger partial charge is 0.140 e. The highest BCUT2D eigenvalue weighted by Gasteiger charge is 2.18. The summed E-state index contributed by atoms with van der Waals surface area (Å²) in [6.07, 6.45) is 11.9. The molecule has 0 atom stereocenters. The molecule has 29 heavy (non-hydrogen) atoms. The minimum absolute atomic E-state index is 0.285. The molecule has 0 spiro atoms. The Morgan fingerprint density at radius 1 is 1.31 bits per heavy atom. The monoisotopic (exact) mass is 397 g/mol. The van der Waals surface area contributed by atoms with Crippen LogP contribution in [0.4, 0.5) is 0 Å². The van der Waals surface area contributed by atoms with Crippen LogP contribution in [0.5, 0.6) is 5.75 Å². The molecule has 0 bridgehead atoms. The van der Waals surface area contributed by atoms with Crippen molar-refractivity contribution in [3.63, 3.8) is 0 Å². The van der Waals surface area contributed by atoms with Gasteiger partial charge in [0.1, 0.15) is 11.4 Å². The van der Waals surface area contributed by atoms with Gasteiger partial charge < -0.3 is 15.5 Å². The summed E-state index contributed by atoms with van der Waals surface area (Å²) >= 11 is 0. The maximum atomic E-state index is 6.44. The van der Waals surface area contributed by atoms with E-state index in [1.807, 2.05) is 44.3 Å². The number of hydrogen-bond donors (Lipinski definition) is 2. The number of hydrogen-bond acceptors (Lipinski definition) is 7. The van der Waals surface area contributed by atoms with Crippen LogP contribution in [0.1, 0.15) is 56.1 Å². The van der Waals surface area contributed by atoms with E-state index in [1.165, 1.54) is 24.3 Å². The van der Waals surface area contributed by atoms with E-state index >= 15 is 0 Å². The topological polar surface area (TPSA) is 108 Å². The number of allylic oxidation sites excluding steroid dienone is 2. The molecular formula is C21H31N7O. The van der Waals surface area contributed by atoms with E-state index in [2.05, 4.69) is 15.3 Å². The summed E-state index contributed by atoms with van der Waals surface area (Å²) in [6, 6.07) is 3.84. The number of ether oxygens (including phenoxy) is 1. The summed E-state index contributed by atoms with van der Waals surface area (Å²) < 4.78 is 7.87. The highest BCUT2D eigenvalue weighted by Crippen LogP contribution is 2.26. The Labute approximate surface area is 172 Å². The molecule has 8 nitrogen and oxygen atoms in total. The molecule has 0 radical (unpaired) electrons. The van der Waals surface area contributed by atoms with E-state index < -0.39 is 0 Å². The lowest BCUT2D eigenvalue weighted by atomic mass is 9.98. The van der Waals surface area contributed by atoms with Crippen molar-refractivity contribution >= 4 is 11.8 Å². The van der Waals surface area contributed by atoms with Gasteiger partial charge in [-0.3, -0.25) is 0 Å². The maximum Gasteiger partial charge on any atom is 0.140 e. The van der Waals surface area contributed by atoms with E-state index in [0.717, 1.165) is 30.0 Å². The molecule has 0 aromatic carbocycles. The molecule has 1 saturated carbocycles. The second-order valence-corrected chi connectivity index (χ2v) is 7.47. The molecule has 8 heteroatoms. The second-order valence-electron chi connectivity index (χ2n) is 7.47. The minimum atomic E-state index is 0.285. The third-order valence-electron chi connectivity index (χ3n) is 5.10. The normalized spacial score (nSPS) is 16.1. The van der Waals surface area contributed by atoms with Gasteiger partial charge in [-0.1, -0.05) is 17.7 Å². The SMILES string of the molecule is C/C=C/c1cn(C/C(=C(/N)c2ccc(OC3CCCCC3)c(C)n2)N(C)N)nn1. The first-order valence-electron chi connectivity index (χ1n) is 10.1. The molecular weight excluding hydrogens is 366 g/mol. The zero-order chi connectivity index (χ0) is 20.8. The van der Waals surface area contributed by atoms with Gasteiger partial charge in [0.15, 0.2) is 0 Å². The van der Waals surface area contributed by atoms with Crippen molar-refractivity contribution in [1.82, 2.24) is 25.0 Å². The highest BCUT2D eigenvalue weighted by molar-refractivity contribution is 5.63. The van der Waals surface area contributed by atoms with E-state index in [9.17, 15) is 0 Å². The molecule has 4 N–H and O–H groups in total. The van der Waals surface area contributed by atoms with Crippen LogP contribution in [-0.2, 0) is 6.54 Å². The summed E-state index contributed by atoms with van der Waals surface area (Å²) in [5, 5.41) is 9.73. The van der Waals surface area contributed by atoms with Crippen molar-refractivity contribution in [3.8, 4) is 5.75 Å². The van der Waals surface area contributed by atoms with Gasteiger partial charge in [0.25, 0.3) is 0 Å². The van der Waals surface area contributed by atoms with Gasteiger partial charge in [-0.05, 0) is 57.7 Å². The first-order valence-corrected chi connectivity index (χ1v) is 10.1. The number of aryl methyl sites for hydroxylation is 1. The third kappa shape index (κ3) is 5.35. The highest BCUT2D eigenvalue weighted by atomic mass is 16.5. The molecule has 0 aliphatic heterocycles. The standard InChI is InChI=1S/C21H31N7O/c1-4-8-16-13-28(26-25-16)14-19(27(3)23)21(22)18-11-12-20(15(2)24-18)29-17-9-6-5-7-10-17/h4,8,11-13,17H,5-7,9-10,14,22-23H2,1-3H3/b8-4+,21-19-. The lowest BCUT2D eigenvalue weighted by Crippen LogP contribution is -2.30. The van der Waals surface area contributed by atoms with Gasteiger partial charge >= 0.3 is 0 Å². The van der Waals surface area contributed by atoms with Crippen molar-refractivity contribution in [3.05, 3.63) is 47.2 Å². The Morgan fingerprint density at radius 3 is 2.72 bits per heavy atom. The summed E-state index contributed by atoms with van der Waals surface area (Å²) in [5.74, 6) is 6.87. The number of rotatable bonds is 7. The average Bonchev–Trinajstić information content (AvgIpc) is 3.15. The Morgan fingerprint density at radius 2 is 2.07 bits per heavy atom.